The maximum absolute atomic E-state index is 8.88. The minimum Gasteiger partial charge on any atom is -0.303 e. The van der Waals surface area contributed by atoms with Crippen LogP contribution in [0, 0.1) is 0 Å². The van der Waals surface area contributed by atoms with E-state index in [1.807, 2.05) is 0 Å². The van der Waals surface area contributed by atoms with Crippen LogP contribution in [0.2, 0.25) is 0 Å². The van der Waals surface area contributed by atoms with Crippen molar-refractivity contribution in [2.75, 3.05) is 0 Å². The monoisotopic (exact) mass is 125 g/mol. The van der Waals surface area contributed by atoms with Gasteiger partial charge in [-0.1, -0.05) is 7.43 Å². The fraction of sp³-hybridized carbons (Fsp3) is 1.00. The van der Waals surface area contributed by atoms with Gasteiger partial charge >= 0.3 is 7.82 Å². The highest BCUT2D eigenvalue weighted by atomic mass is 31.2. The summed E-state index contributed by atoms with van der Waals surface area (Å²) >= 11 is 0. The summed E-state index contributed by atoms with van der Waals surface area (Å²) in [5.74, 6) is 0. The summed E-state index contributed by atoms with van der Waals surface area (Å²) in [6.45, 7) is 0. The van der Waals surface area contributed by atoms with E-state index in [0.717, 1.165) is 0 Å². The molecular formula is CH7BO4P. The lowest BCUT2D eigenvalue weighted by molar-refractivity contribution is 0.275. The van der Waals surface area contributed by atoms with Crippen LogP contribution < -0.4 is 0 Å². The van der Waals surface area contributed by atoms with Gasteiger partial charge in [0.15, 0.2) is 0 Å². The molecule has 0 fully saturated rings. The zero-order valence-corrected chi connectivity index (χ0v) is 3.67. The Morgan fingerprint density at radius 3 is 1.14 bits per heavy atom. The Hall–Kier alpha value is 0.175. The Balaban J connectivity index is -0.0000000800. The molecule has 0 unspecified atom stereocenters. The van der Waals surface area contributed by atoms with Crippen molar-refractivity contribution in [3.05, 3.63) is 0 Å². The molecule has 0 amide bonds. The molecule has 3 N–H and O–H groups in total. The second kappa shape index (κ2) is 4.34. The highest BCUT2D eigenvalue weighted by Gasteiger charge is 2.00. The highest BCUT2D eigenvalue weighted by molar-refractivity contribution is 7.45. The van der Waals surface area contributed by atoms with Crippen LogP contribution in [0.15, 0.2) is 0 Å². The van der Waals surface area contributed by atoms with Gasteiger partial charge in [0.25, 0.3) is 0 Å². The fourth-order valence-corrected chi connectivity index (χ4v) is 0. The van der Waals surface area contributed by atoms with Gasteiger partial charge in [0.2, 0.25) is 0 Å². The zero-order valence-electron chi connectivity index (χ0n) is 2.77. The van der Waals surface area contributed by atoms with Gasteiger partial charge in [-0.25, -0.2) is 4.57 Å². The molecule has 6 heteroatoms. The molecule has 43 valence electrons. The van der Waals surface area contributed by atoms with Crippen molar-refractivity contribution in [1.82, 2.24) is 0 Å². The Kier molecular flexibility index (Phi) is 9.72. The molecule has 0 spiro atoms. The first kappa shape index (κ1) is 15.7. The molecule has 0 atom stereocenters. The van der Waals surface area contributed by atoms with Crippen LogP contribution in [0.25, 0.3) is 0 Å². The Morgan fingerprint density at radius 1 is 1.14 bits per heavy atom. The molecule has 0 aliphatic rings. The van der Waals surface area contributed by atoms with E-state index < -0.39 is 7.82 Å². The summed E-state index contributed by atoms with van der Waals surface area (Å²) in [6.07, 6.45) is 0. The maximum atomic E-state index is 8.88. The van der Waals surface area contributed by atoms with Crippen molar-refractivity contribution in [3.8, 4) is 0 Å². The minimum absolute atomic E-state index is 0. The molecule has 0 heterocycles. The average molecular weight is 125 g/mol. The van der Waals surface area contributed by atoms with Gasteiger partial charge in [-0.3, -0.25) is 0 Å². The quantitative estimate of drug-likeness (QED) is 0.296. The van der Waals surface area contributed by atoms with Crippen molar-refractivity contribution in [2.45, 2.75) is 7.43 Å². The lowest BCUT2D eigenvalue weighted by Gasteiger charge is -1.82. The van der Waals surface area contributed by atoms with E-state index in [9.17, 15) is 0 Å². The normalized spacial score (nSPS) is 8.43. The van der Waals surface area contributed by atoms with Crippen LogP contribution in [-0.4, -0.2) is 23.1 Å². The van der Waals surface area contributed by atoms with Gasteiger partial charge in [-0.15, -0.1) is 0 Å². The molecule has 0 aliphatic carbocycles. The van der Waals surface area contributed by atoms with E-state index in [0.29, 0.717) is 0 Å². The second-order valence-electron chi connectivity index (χ2n) is 0.513. The molecule has 3 radical (unpaired) electrons. The van der Waals surface area contributed by atoms with Gasteiger partial charge in [-0.2, -0.15) is 0 Å². The van der Waals surface area contributed by atoms with Crippen molar-refractivity contribution in [2.24, 2.45) is 0 Å². The predicted octanol–water partition coefficient (Wildman–Crippen LogP) is -0.673. The molecule has 4 nitrogen and oxygen atoms in total. The topological polar surface area (TPSA) is 77.8 Å². The summed E-state index contributed by atoms with van der Waals surface area (Å²) < 4.78 is 8.88. The standard InChI is InChI=1S/CH4.B.H3O4P/c;;1-5(2,3)4/h1H4;;(H3,1,2,3,4). The van der Waals surface area contributed by atoms with Gasteiger partial charge in [0, 0.05) is 8.41 Å². The third-order valence-corrected chi connectivity index (χ3v) is 0. The van der Waals surface area contributed by atoms with Crippen LogP contribution in [0.1, 0.15) is 7.43 Å². The molecule has 0 bridgehead atoms. The molecule has 0 aromatic carbocycles. The van der Waals surface area contributed by atoms with Gasteiger partial charge in [0.1, 0.15) is 0 Å². The number of rotatable bonds is 0. The van der Waals surface area contributed by atoms with E-state index >= 15 is 0 Å². The Morgan fingerprint density at radius 2 is 1.14 bits per heavy atom. The number of hydrogen-bond acceptors (Lipinski definition) is 1. The first-order valence-corrected chi connectivity index (χ1v) is 2.35. The number of hydrogen-bond donors (Lipinski definition) is 3. The molecular weight excluding hydrogens is 118 g/mol. The van der Waals surface area contributed by atoms with Gasteiger partial charge < -0.3 is 14.7 Å². The van der Waals surface area contributed by atoms with Crippen LogP contribution in [0.3, 0.4) is 0 Å². The Bertz CT molecular complexity index is 57.8. The van der Waals surface area contributed by atoms with Crippen molar-refractivity contribution in [1.29, 1.82) is 0 Å². The minimum atomic E-state index is -4.64. The average Bonchev–Trinajstić information content (AvgIpc) is 0.722. The van der Waals surface area contributed by atoms with E-state index in [4.69, 9.17) is 19.2 Å². The van der Waals surface area contributed by atoms with E-state index in [-0.39, 0.29) is 15.8 Å². The van der Waals surface area contributed by atoms with Crippen LogP contribution in [0.5, 0.6) is 0 Å². The first-order chi connectivity index (χ1) is 2.00. The molecule has 0 rings (SSSR count). The maximum Gasteiger partial charge on any atom is 0.466 e. The van der Waals surface area contributed by atoms with Crippen LogP contribution in [0.4, 0.5) is 0 Å². The van der Waals surface area contributed by atoms with E-state index in [1.165, 1.54) is 0 Å². The summed E-state index contributed by atoms with van der Waals surface area (Å²) in [7, 11) is -4.64. The fourth-order valence-electron chi connectivity index (χ4n) is 0. The highest BCUT2D eigenvalue weighted by Crippen LogP contribution is 2.25. The summed E-state index contributed by atoms with van der Waals surface area (Å²) in [5.41, 5.74) is 0. The van der Waals surface area contributed by atoms with E-state index in [2.05, 4.69) is 0 Å². The Labute approximate surface area is 44.0 Å². The van der Waals surface area contributed by atoms with Crippen LogP contribution in [-0.2, 0) is 4.57 Å². The molecule has 7 heavy (non-hydrogen) atoms. The molecule has 0 aliphatic heterocycles. The number of phosphoric acid groups is 1. The predicted molar refractivity (Wildman–Crippen MR) is 26.7 cm³/mol. The van der Waals surface area contributed by atoms with Gasteiger partial charge in [-0.05, 0) is 0 Å². The largest absolute Gasteiger partial charge is 0.466 e. The first-order valence-electron chi connectivity index (χ1n) is 0.783. The summed E-state index contributed by atoms with van der Waals surface area (Å²) in [6, 6.07) is 0. The second-order valence-corrected chi connectivity index (χ2v) is 1.54. The molecule has 0 saturated heterocycles. The zero-order chi connectivity index (χ0) is 4.50. The summed E-state index contributed by atoms with van der Waals surface area (Å²) in [5, 5.41) is 0. The molecule has 0 aromatic rings. The van der Waals surface area contributed by atoms with Crippen molar-refractivity contribution < 1.29 is 19.2 Å². The third kappa shape index (κ3) is 3520. The lowest BCUT2D eigenvalue weighted by Crippen LogP contribution is -1.66. The third-order valence-electron chi connectivity index (χ3n) is 0. The van der Waals surface area contributed by atoms with E-state index in [1.54, 1.807) is 0 Å². The SMILES string of the molecule is C.O=P(O)(O)O.[B]. The molecule has 0 aromatic heterocycles. The van der Waals surface area contributed by atoms with Crippen molar-refractivity contribution in [3.63, 3.8) is 0 Å². The van der Waals surface area contributed by atoms with Gasteiger partial charge in [0.05, 0.1) is 0 Å². The summed E-state index contributed by atoms with van der Waals surface area (Å²) in [4.78, 5) is 21.6. The molecule has 0 saturated carbocycles. The van der Waals surface area contributed by atoms with Crippen LogP contribution >= 0.6 is 7.82 Å². The smallest absolute Gasteiger partial charge is 0.303 e. The van der Waals surface area contributed by atoms with Crippen molar-refractivity contribution >= 4 is 16.2 Å². The lowest BCUT2D eigenvalue weighted by atomic mass is 10.8.